The van der Waals surface area contributed by atoms with Crippen LogP contribution in [-0.2, 0) is 19.7 Å². The van der Waals surface area contributed by atoms with Crippen LogP contribution in [0.3, 0.4) is 0 Å². The Labute approximate surface area is 234 Å². The summed E-state index contributed by atoms with van der Waals surface area (Å²) in [4.78, 5) is 0.570. The van der Waals surface area contributed by atoms with E-state index in [0.29, 0.717) is 43.5 Å². The average molecular weight is 583 g/mol. The molecule has 4 rings (SSSR count). The molecule has 1 N–H and O–H groups in total. The van der Waals surface area contributed by atoms with Gasteiger partial charge in [0.05, 0.1) is 39.4 Å². The van der Waals surface area contributed by atoms with Gasteiger partial charge in [0.25, 0.3) is 0 Å². The van der Waals surface area contributed by atoms with Crippen LogP contribution in [-0.4, -0.2) is 41.8 Å². The lowest BCUT2D eigenvalue weighted by molar-refractivity contribution is 0.247. The standard InChI is InChI=1S/C30H30O8S2/c1-2-20-36-24-6-14-29(15-7-24)40(34,35)30-18-10-26(11-19-30)38-22-3-21-37-25-8-16-28(17-9-25)39(32,33)27-12-4-23(31)5-13-27/h4-19,31H,2-3,20-22H2,1H3. The van der Waals surface area contributed by atoms with E-state index in [0.717, 1.165) is 6.42 Å². The van der Waals surface area contributed by atoms with Crippen molar-refractivity contribution in [1.29, 1.82) is 0 Å². The Balaban J connectivity index is 1.24. The molecule has 0 bridgehead atoms. The molecule has 0 amide bonds. The number of phenolic OH excluding ortho intramolecular Hbond substituents is 1. The Morgan fingerprint density at radius 3 is 1.12 bits per heavy atom. The van der Waals surface area contributed by atoms with Crippen LogP contribution in [0.15, 0.2) is 117 Å². The van der Waals surface area contributed by atoms with Gasteiger partial charge in [-0.2, -0.15) is 0 Å². The molecule has 0 unspecified atom stereocenters. The normalized spacial score (nSPS) is 11.6. The summed E-state index contributed by atoms with van der Waals surface area (Å²) >= 11 is 0. The van der Waals surface area contributed by atoms with Crippen LogP contribution < -0.4 is 14.2 Å². The average Bonchev–Trinajstić information content (AvgIpc) is 2.97. The van der Waals surface area contributed by atoms with Gasteiger partial charge < -0.3 is 19.3 Å². The van der Waals surface area contributed by atoms with Crippen LogP contribution in [0.1, 0.15) is 19.8 Å². The third-order valence-electron chi connectivity index (χ3n) is 5.85. The fourth-order valence-corrected chi connectivity index (χ4v) is 6.22. The van der Waals surface area contributed by atoms with Crippen molar-refractivity contribution in [2.24, 2.45) is 0 Å². The summed E-state index contributed by atoms with van der Waals surface area (Å²) in [5, 5.41) is 9.37. The Hall–Kier alpha value is -4.02. The molecule has 0 radical (unpaired) electrons. The van der Waals surface area contributed by atoms with E-state index in [-0.39, 0.29) is 25.3 Å². The second-order valence-corrected chi connectivity index (χ2v) is 12.7. The lowest BCUT2D eigenvalue weighted by Gasteiger charge is -2.10. The second kappa shape index (κ2) is 12.9. The van der Waals surface area contributed by atoms with Crippen molar-refractivity contribution >= 4 is 19.7 Å². The van der Waals surface area contributed by atoms with Gasteiger partial charge >= 0.3 is 0 Å². The third-order valence-corrected chi connectivity index (χ3v) is 9.42. The van der Waals surface area contributed by atoms with Crippen molar-refractivity contribution in [2.45, 2.75) is 39.3 Å². The van der Waals surface area contributed by atoms with E-state index in [1.54, 1.807) is 36.4 Å². The van der Waals surface area contributed by atoms with Gasteiger partial charge in [0.15, 0.2) is 0 Å². The molecule has 4 aromatic rings. The van der Waals surface area contributed by atoms with Gasteiger partial charge in [0, 0.05) is 6.42 Å². The van der Waals surface area contributed by atoms with E-state index in [9.17, 15) is 21.9 Å². The SMILES string of the molecule is CCCOc1ccc(S(=O)(=O)c2ccc(OCCCOc3ccc(S(=O)(=O)c4ccc(O)cc4)cc3)cc2)cc1. The molecule has 0 fully saturated rings. The van der Waals surface area contributed by atoms with E-state index in [1.807, 2.05) is 6.92 Å². The van der Waals surface area contributed by atoms with E-state index < -0.39 is 19.7 Å². The summed E-state index contributed by atoms with van der Waals surface area (Å²) in [6.45, 7) is 3.26. The van der Waals surface area contributed by atoms with Gasteiger partial charge in [-0.05, 0) is 103 Å². The largest absolute Gasteiger partial charge is 0.508 e. The molecule has 0 aliphatic heterocycles. The molecule has 4 aromatic carbocycles. The van der Waals surface area contributed by atoms with Crippen LogP contribution >= 0.6 is 0 Å². The zero-order chi connectivity index (χ0) is 28.6. The van der Waals surface area contributed by atoms with Gasteiger partial charge in [-0.1, -0.05) is 6.92 Å². The number of aromatic hydroxyl groups is 1. The molecule has 0 atom stereocenters. The number of hydrogen-bond acceptors (Lipinski definition) is 8. The van der Waals surface area contributed by atoms with Gasteiger partial charge in [-0.15, -0.1) is 0 Å². The maximum atomic E-state index is 12.9. The van der Waals surface area contributed by atoms with Crippen LogP contribution in [0.25, 0.3) is 0 Å². The van der Waals surface area contributed by atoms with Crippen molar-refractivity contribution in [3.05, 3.63) is 97.1 Å². The minimum Gasteiger partial charge on any atom is -0.508 e. The first kappa shape index (κ1) is 29.0. The van der Waals surface area contributed by atoms with E-state index in [2.05, 4.69) is 0 Å². The molecule has 0 aliphatic rings. The van der Waals surface area contributed by atoms with E-state index >= 15 is 0 Å². The first-order valence-corrected chi connectivity index (χ1v) is 15.6. The number of phenols is 1. The molecule has 0 saturated heterocycles. The van der Waals surface area contributed by atoms with Gasteiger partial charge in [-0.3, -0.25) is 0 Å². The molecule has 0 spiro atoms. The smallest absolute Gasteiger partial charge is 0.206 e. The molecule has 10 heteroatoms. The number of ether oxygens (including phenoxy) is 3. The van der Waals surface area contributed by atoms with Crippen molar-refractivity contribution in [3.8, 4) is 23.0 Å². The zero-order valence-corrected chi connectivity index (χ0v) is 23.5. The first-order chi connectivity index (χ1) is 19.2. The molecule has 8 nitrogen and oxygen atoms in total. The van der Waals surface area contributed by atoms with Crippen LogP contribution in [0.5, 0.6) is 23.0 Å². The van der Waals surface area contributed by atoms with E-state index in [4.69, 9.17) is 14.2 Å². The number of sulfone groups is 2. The van der Waals surface area contributed by atoms with Crippen molar-refractivity contribution < 1.29 is 36.2 Å². The molecular formula is C30H30O8S2. The maximum absolute atomic E-state index is 12.9. The fraction of sp³-hybridized carbons (Fsp3) is 0.200. The molecule has 0 saturated carbocycles. The summed E-state index contributed by atoms with van der Waals surface area (Å²) in [6.07, 6.45) is 1.42. The van der Waals surface area contributed by atoms with Gasteiger partial charge in [-0.25, -0.2) is 16.8 Å². The third kappa shape index (κ3) is 7.13. The van der Waals surface area contributed by atoms with Gasteiger partial charge in [0.1, 0.15) is 23.0 Å². The Bertz CT molecular complexity index is 1600. The first-order valence-electron chi connectivity index (χ1n) is 12.7. The van der Waals surface area contributed by atoms with Crippen LogP contribution in [0.2, 0.25) is 0 Å². The molecule has 0 aromatic heterocycles. The highest BCUT2D eigenvalue weighted by Crippen LogP contribution is 2.26. The Kier molecular flexibility index (Phi) is 9.34. The molecule has 40 heavy (non-hydrogen) atoms. The molecule has 210 valence electrons. The zero-order valence-electron chi connectivity index (χ0n) is 21.9. The Morgan fingerprint density at radius 2 is 0.800 bits per heavy atom. The van der Waals surface area contributed by atoms with E-state index in [1.165, 1.54) is 60.7 Å². The highest BCUT2D eigenvalue weighted by molar-refractivity contribution is 7.91. The van der Waals surface area contributed by atoms with Crippen LogP contribution in [0.4, 0.5) is 0 Å². The minimum atomic E-state index is -3.69. The summed E-state index contributed by atoms with van der Waals surface area (Å²) in [6, 6.07) is 24.1. The number of rotatable bonds is 13. The van der Waals surface area contributed by atoms with Crippen molar-refractivity contribution in [1.82, 2.24) is 0 Å². The summed E-state index contributed by atoms with van der Waals surface area (Å²) in [7, 11) is -7.36. The monoisotopic (exact) mass is 582 g/mol. The molecular weight excluding hydrogens is 552 g/mol. The minimum absolute atomic E-state index is 0.00741. The summed E-state index contributed by atoms with van der Waals surface area (Å²) < 4.78 is 68.2. The topological polar surface area (TPSA) is 116 Å². The van der Waals surface area contributed by atoms with Gasteiger partial charge in [0.2, 0.25) is 19.7 Å². The van der Waals surface area contributed by atoms with Crippen LogP contribution in [0, 0.1) is 0 Å². The Morgan fingerprint density at radius 1 is 0.500 bits per heavy atom. The fourth-order valence-electron chi connectivity index (χ4n) is 3.70. The highest BCUT2D eigenvalue weighted by Gasteiger charge is 2.19. The van der Waals surface area contributed by atoms with Crippen molar-refractivity contribution in [3.63, 3.8) is 0 Å². The maximum Gasteiger partial charge on any atom is 0.206 e. The highest BCUT2D eigenvalue weighted by atomic mass is 32.2. The molecule has 0 heterocycles. The second-order valence-electron chi connectivity index (χ2n) is 8.81. The predicted octanol–water partition coefficient (Wildman–Crippen LogP) is 5.69. The quantitative estimate of drug-likeness (QED) is 0.200. The molecule has 0 aliphatic carbocycles. The van der Waals surface area contributed by atoms with Crippen molar-refractivity contribution in [2.75, 3.05) is 19.8 Å². The number of benzene rings is 4. The predicted molar refractivity (Wildman–Crippen MR) is 150 cm³/mol. The lowest BCUT2D eigenvalue weighted by Crippen LogP contribution is -2.06. The summed E-state index contributed by atoms with van der Waals surface area (Å²) in [5.74, 6) is 1.67. The lowest BCUT2D eigenvalue weighted by atomic mass is 10.3. The summed E-state index contributed by atoms with van der Waals surface area (Å²) in [5.41, 5.74) is 0. The number of hydrogen-bond donors (Lipinski definition) is 1.